The molecule has 0 aliphatic rings. The molecule has 0 saturated heterocycles. The molecule has 5 heteroatoms. The Morgan fingerprint density at radius 3 is 2.15 bits per heavy atom. The highest BCUT2D eigenvalue weighted by Gasteiger charge is 2.30. The van der Waals surface area contributed by atoms with Crippen LogP contribution in [0.1, 0.15) is 35.6 Å². The van der Waals surface area contributed by atoms with Gasteiger partial charge in [0, 0.05) is 24.0 Å². The average molecular weight is 507 g/mol. The van der Waals surface area contributed by atoms with Crippen molar-refractivity contribution in [2.24, 2.45) is 0 Å². The van der Waals surface area contributed by atoms with Gasteiger partial charge < -0.3 is 10.2 Å². The van der Waals surface area contributed by atoms with Crippen LogP contribution < -0.4 is 5.32 Å². The van der Waals surface area contributed by atoms with E-state index in [9.17, 15) is 9.59 Å². The van der Waals surface area contributed by atoms with Gasteiger partial charge in [-0.1, -0.05) is 95.1 Å². The molecule has 0 aromatic heterocycles. The first-order chi connectivity index (χ1) is 16.0. The van der Waals surface area contributed by atoms with Crippen LogP contribution in [0.15, 0.2) is 83.3 Å². The summed E-state index contributed by atoms with van der Waals surface area (Å²) in [5.74, 6) is -0.176. The maximum atomic E-state index is 13.6. The second-order valence-corrected chi connectivity index (χ2v) is 9.22. The summed E-state index contributed by atoms with van der Waals surface area (Å²) < 4.78 is 0.977. The van der Waals surface area contributed by atoms with E-state index < -0.39 is 6.04 Å². The normalized spacial score (nSPS) is 11.6. The molecule has 3 aromatic rings. The van der Waals surface area contributed by atoms with Crippen LogP contribution in [0.25, 0.3) is 0 Å². The van der Waals surface area contributed by atoms with Gasteiger partial charge in [0.15, 0.2) is 0 Å². The molecular formula is C28H31BrN2O2. The minimum absolute atomic E-state index is 0.0608. The Morgan fingerprint density at radius 1 is 0.879 bits per heavy atom. The largest absolute Gasteiger partial charge is 0.354 e. The number of hydrogen-bond acceptors (Lipinski definition) is 2. The molecule has 0 fully saturated rings. The predicted octanol–water partition coefficient (Wildman–Crippen LogP) is 5.47. The second kappa shape index (κ2) is 12.4. The van der Waals surface area contributed by atoms with E-state index in [1.807, 2.05) is 92.7 Å². The maximum absolute atomic E-state index is 13.6. The number of rotatable bonds is 10. The third-order valence-corrected chi connectivity index (χ3v) is 6.09. The zero-order chi connectivity index (χ0) is 23.6. The quantitative estimate of drug-likeness (QED) is 0.396. The number of amides is 2. The van der Waals surface area contributed by atoms with Gasteiger partial charge in [-0.2, -0.15) is 0 Å². The zero-order valence-corrected chi connectivity index (χ0v) is 20.8. The van der Waals surface area contributed by atoms with Crippen LogP contribution in [0.5, 0.6) is 0 Å². The molecule has 0 radical (unpaired) electrons. The first-order valence-electron chi connectivity index (χ1n) is 11.4. The lowest BCUT2D eigenvalue weighted by Crippen LogP contribution is -2.51. The Balaban J connectivity index is 1.93. The van der Waals surface area contributed by atoms with Gasteiger partial charge in [0.05, 0.1) is 6.42 Å². The van der Waals surface area contributed by atoms with Gasteiger partial charge in [-0.25, -0.2) is 0 Å². The number of carbonyl (C=O) groups is 2. The summed E-state index contributed by atoms with van der Waals surface area (Å²) in [6, 6.07) is 25.2. The van der Waals surface area contributed by atoms with E-state index in [1.165, 1.54) is 0 Å². The van der Waals surface area contributed by atoms with E-state index in [1.54, 1.807) is 4.90 Å². The van der Waals surface area contributed by atoms with E-state index >= 15 is 0 Å². The lowest BCUT2D eigenvalue weighted by Gasteiger charge is -2.31. The van der Waals surface area contributed by atoms with Crippen LogP contribution in [-0.2, 0) is 29.0 Å². The molecule has 3 aromatic carbocycles. The number of nitrogens with one attached hydrogen (secondary N) is 1. The molecule has 1 unspecified atom stereocenters. The molecule has 0 spiro atoms. The SMILES string of the molecule is CCCNC(=O)C(Cc1ccccc1)N(Cc1ccc(Br)cc1)C(=O)Cc1ccc(C)cc1. The number of aryl methyl sites for hydroxylation is 1. The molecule has 3 rings (SSSR count). The van der Waals surface area contributed by atoms with Gasteiger partial charge in [0.1, 0.15) is 6.04 Å². The van der Waals surface area contributed by atoms with Crippen LogP contribution in [0, 0.1) is 6.92 Å². The highest BCUT2D eigenvalue weighted by Crippen LogP contribution is 2.18. The van der Waals surface area contributed by atoms with E-state index in [4.69, 9.17) is 0 Å². The molecule has 1 atom stereocenters. The highest BCUT2D eigenvalue weighted by atomic mass is 79.9. The molecule has 2 amide bonds. The smallest absolute Gasteiger partial charge is 0.243 e. The van der Waals surface area contributed by atoms with Crippen LogP contribution in [0.3, 0.4) is 0 Å². The number of benzene rings is 3. The Morgan fingerprint density at radius 2 is 1.52 bits per heavy atom. The summed E-state index contributed by atoms with van der Waals surface area (Å²) >= 11 is 3.47. The van der Waals surface area contributed by atoms with Crippen molar-refractivity contribution in [1.29, 1.82) is 0 Å². The molecule has 0 aliphatic carbocycles. The van der Waals surface area contributed by atoms with Gasteiger partial charge in [0.25, 0.3) is 0 Å². The summed E-state index contributed by atoms with van der Waals surface area (Å²) in [5, 5.41) is 3.01. The average Bonchev–Trinajstić information content (AvgIpc) is 2.83. The standard InChI is InChI=1S/C28H31BrN2O2/c1-3-17-30-28(33)26(18-22-7-5-4-6-8-22)31(20-24-13-15-25(29)16-14-24)27(32)19-23-11-9-21(2)10-12-23/h4-16,26H,3,17-20H2,1-2H3,(H,30,33). The molecule has 0 aliphatic heterocycles. The van der Waals surface area contributed by atoms with E-state index in [2.05, 4.69) is 21.2 Å². The van der Waals surface area contributed by atoms with Crippen molar-refractivity contribution in [3.05, 3.63) is 106 Å². The zero-order valence-electron chi connectivity index (χ0n) is 19.3. The molecule has 4 nitrogen and oxygen atoms in total. The maximum Gasteiger partial charge on any atom is 0.243 e. The fourth-order valence-corrected chi connectivity index (χ4v) is 3.95. The van der Waals surface area contributed by atoms with E-state index in [0.717, 1.165) is 33.1 Å². The van der Waals surface area contributed by atoms with Crippen molar-refractivity contribution in [2.45, 2.75) is 45.7 Å². The highest BCUT2D eigenvalue weighted by molar-refractivity contribution is 9.10. The number of halogens is 1. The molecule has 0 saturated carbocycles. The summed E-state index contributed by atoms with van der Waals surface area (Å²) in [7, 11) is 0. The van der Waals surface area contributed by atoms with Crippen LogP contribution in [0.4, 0.5) is 0 Å². The van der Waals surface area contributed by atoms with E-state index in [0.29, 0.717) is 19.5 Å². The van der Waals surface area contributed by atoms with Gasteiger partial charge in [-0.05, 0) is 42.2 Å². The van der Waals surface area contributed by atoms with Crippen molar-refractivity contribution >= 4 is 27.7 Å². The van der Waals surface area contributed by atoms with Crippen molar-refractivity contribution < 1.29 is 9.59 Å². The van der Waals surface area contributed by atoms with Crippen LogP contribution >= 0.6 is 15.9 Å². The first kappa shape index (κ1) is 24.7. The number of carbonyl (C=O) groups excluding carboxylic acids is 2. The predicted molar refractivity (Wildman–Crippen MR) is 137 cm³/mol. The van der Waals surface area contributed by atoms with Crippen LogP contribution in [-0.4, -0.2) is 29.3 Å². The Hall–Kier alpha value is -2.92. The van der Waals surface area contributed by atoms with Gasteiger partial charge in [0.2, 0.25) is 11.8 Å². The molecule has 33 heavy (non-hydrogen) atoms. The first-order valence-corrected chi connectivity index (χ1v) is 12.2. The Bertz CT molecular complexity index is 1030. The Labute approximate surface area is 205 Å². The van der Waals surface area contributed by atoms with E-state index in [-0.39, 0.29) is 18.2 Å². The van der Waals surface area contributed by atoms with Crippen molar-refractivity contribution in [3.63, 3.8) is 0 Å². The van der Waals surface area contributed by atoms with Crippen molar-refractivity contribution in [2.75, 3.05) is 6.54 Å². The minimum Gasteiger partial charge on any atom is -0.354 e. The summed E-state index contributed by atoms with van der Waals surface area (Å²) in [6.07, 6.45) is 1.56. The van der Waals surface area contributed by atoms with Gasteiger partial charge in [-0.3, -0.25) is 9.59 Å². The fraction of sp³-hybridized carbons (Fsp3) is 0.286. The molecule has 0 heterocycles. The van der Waals surface area contributed by atoms with Crippen molar-refractivity contribution in [3.8, 4) is 0 Å². The Kier molecular flexibility index (Phi) is 9.25. The third kappa shape index (κ3) is 7.57. The summed E-state index contributed by atoms with van der Waals surface area (Å²) in [5.41, 5.74) is 4.10. The molecular weight excluding hydrogens is 476 g/mol. The van der Waals surface area contributed by atoms with Gasteiger partial charge in [-0.15, -0.1) is 0 Å². The lowest BCUT2D eigenvalue weighted by atomic mass is 10.0. The minimum atomic E-state index is -0.597. The number of hydrogen-bond donors (Lipinski definition) is 1. The molecule has 0 bridgehead atoms. The summed E-state index contributed by atoms with van der Waals surface area (Å²) in [6.45, 7) is 5.01. The van der Waals surface area contributed by atoms with Gasteiger partial charge >= 0.3 is 0 Å². The topological polar surface area (TPSA) is 49.4 Å². The molecule has 172 valence electrons. The monoisotopic (exact) mass is 506 g/mol. The van der Waals surface area contributed by atoms with Crippen LogP contribution in [0.2, 0.25) is 0 Å². The molecule has 1 N–H and O–H groups in total. The summed E-state index contributed by atoms with van der Waals surface area (Å²) in [4.78, 5) is 28.6. The fourth-order valence-electron chi connectivity index (χ4n) is 3.69. The number of nitrogens with zero attached hydrogens (tertiary/aromatic N) is 1. The lowest BCUT2D eigenvalue weighted by molar-refractivity contribution is -0.140. The van der Waals surface area contributed by atoms with Crippen molar-refractivity contribution in [1.82, 2.24) is 10.2 Å². The second-order valence-electron chi connectivity index (χ2n) is 8.31. The third-order valence-electron chi connectivity index (χ3n) is 5.56.